The van der Waals surface area contributed by atoms with Crippen molar-refractivity contribution in [2.24, 2.45) is 0 Å². The second-order valence-corrected chi connectivity index (χ2v) is 3.17. The molecule has 1 unspecified atom stereocenters. The van der Waals surface area contributed by atoms with E-state index in [0.29, 0.717) is 0 Å². The fraction of sp³-hybridized carbons (Fsp3) is 0.417. The van der Waals surface area contributed by atoms with Gasteiger partial charge in [-0.2, -0.15) is 0 Å². The van der Waals surface area contributed by atoms with Crippen LogP contribution in [0.25, 0.3) is 0 Å². The zero-order chi connectivity index (χ0) is 10.4. The normalized spacial score (nSPS) is 12.4. The summed E-state index contributed by atoms with van der Waals surface area (Å²) < 4.78 is 0. The summed E-state index contributed by atoms with van der Waals surface area (Å²) in [5.41, 5.74) is 2.39. The smallest absolute Gasteiger partial charge is 0.0681 e. The summed E-state index contributed by atoms with van der Waals surface area (Å²) >= 11 is 0. The quantitative estimate of drug-likeness (QED) is 0.721. The molecule has 0 aliphatic heterocycles. The molecule has 2 nitrogen and oxygen atoms in total. The second kappa shape index (κ2) is 5.55. The molecule has 0 amide bonds. The highest BCUT2D eigenvalue weighted by Crippen LogP contribution is 2.16. The Morgan fingerprint density at radius 1 is 1.57 bits per heavy atom. The first-order valence-electron chi connectivity index (χ1n) is 5.13. The third-order valence-electron chi connectivity index (χ3n) is 2.26. The van der Waals surface area contributed by atoms with Crippen LogP contribution in [0.5, 0.6) is 0 Å². The molecular weight excluding hydrogens is 172 g/mol. The summed E-state index contributed by atoms with van der Waals surface area (Å²) in [6.07, 6.45) is 4.76. The van der Waals surface area contributed by atoms with Gasteiger partial charge in [-0.25, -0.2) is 0 Å². The molecule has 0 saturated heterocycles. The summed E-state index contributed by atoms with van der Waals surface area (Å²) in [5.74, 6) is 0. The van der Waals surface area contributed by atoms with Crippen LogP contribution in [0.4, 0.5) is 0 Å². The lowest BCUT2D eigenvalue weighted by Gasteiger charge is -2.15. The molecule has 1 aromatic heterocycles. The Balaban J connectivity index is 2.95. The Bertz CT molecular complexity index is 294. The average molecular weight is 190 g/mol. The molecule has 1 N–H and O–H groups in total. The molecule has 76 valence electrons. The first-order valence-corrected chi connectivity index (χ1v) is 5.13. The molecule has 0 bridgehead atoms. The molecule has 1 heterocycles. The Labute approximate surface area is 86.1 Å². The number of rotatable bonds is 5. The summed E-state index contributed by atoms with van der Waals surface area (Å²) in [6.45, 7) is 8.99. The van der Waals surface area contributed by atoms with E-state index >= 15 is 0 Å². The predicted molar refractivity (Wildman–Crippen MR) is 60.2 cm³/mol. The van der Waals surface area contributed by atoms with E-state index in [2.05, 4.69) is 36.8 Å². The van der Waals surface area contributed by atoms with Crippen molar-refractivity contribution < 1.29 is 0 Å². The molecule has 2 heteroatoms. The molecule has 0 fully saturated rings. The highest BCUT2D eigenvalue weighted by Gasteiger charge is 2.10. The van der Waals surface area contributed by atoms with Gasteiger partial charge in [0.25, 0.3) is 0 Å². The topological polar surface area (TPSA) is 24.9 Å². The standard InChI is InChI=1S/C12H18N2/c1-4-10-8-7-9-14-12(10)11(5-2)13-6-3/h5,7-9,11,13H,2,4,6H2,1,3H3. The predicted octanol–water partition coefficient (Wildman–Crippen LogP) is 2.48. The first kappa shape index (κ1) is 10.9. The van der Waals surface area contributed by atoms with Gasteiger partial charge in [0.05, 0.1) is 11.7 Å². The van der Waals surface area contributed by atoms with E-state index < -0.39 is 0 Å². The molecule has 0 aliphatic rings. The molecule has 1 atom stereocenters. The van der Waals surface area contributed by atoms with E-state index in [1.165, 1.54) is 5.56 Å². The molecule has 0 aliphatic carbocycles. The molecule has 14 heavy (non-hydrogen) atoms. The minimum atomic E-state index is 0.177. The van der Waals surface area contributed by atoms with Crippen molar-refractivity contribution in [1.82, 2.24) is 10.3 Å². The number of hydrogen-bond acceptors (Lipinski definition) is 2. The number of aryl methyl sites for hydroxylation is 1. The van der Waals surface area contributed by atoms with Crippen molar-refractivity contribution in [1.29, 1.82) is 0 Å². The van der Waals surface area contributed by atoms with E-state index in [0.717, 1.165) is 18.7 Å². The number of hydrogen-bond donors (Lipinski definition) is 1. The van der Waals surface area contributed by atoms with Gasteiger partial charge in [-0.1, -0.05) is 26.0 Å². The van der Waals surface area contributed by atoms with Gasteiger partial charge in [-0.3, -0.25) is 4.98 Å². The average Bonchev–Trinajstić information content (AvgIpc) is 2.26. The molecular formula is C12H18N2. The van der Waals surface area contributed by atoms with Gasteiger partial charge in [0.15, 0.2) is 0 Å². The van der Waals surface area contributed by atoms with Crippen molar-refractivity contribution >= 4 is 0 Å². The lowest BCUT2D eigenvalue weighted by Crippen LogP contribution is -2.21. The van der Waals surface area contributed by atoms with Gasteiger partial charge in [-0.15, -0.1) is 6.58 Å². The van der Waals surface area contributed by atoms with Crippen molar-refractivity contribution in [3.8, 4) is 0 Å². The minimum Gasteiger partial charge on any atom is -0.306 e. The van der Waals surface area contributed by atoms with E-state index in [1.54, 1.807) is 0 Å². The van der Waals surface area contributed by atoms with Gasteiger partial charge in [0.1, 0.15) is 0 Å². The van der Waals surface area contributed by atoms with Crippen LogP contribution in [0.15, 0.2) is 31.0 Å². The second-order valence-electron chi connectivity index (χ2n) is 3.17. The number of likely N-dealkylation sites (N-methyl/N-ethyl adjacent to an activating group) is 1. The van der Waals surface area contributed by atoms with Gasteiger partial charge in [-0.05, 0) is 24.6 Å². The zero-order valence-electron chi connectivity index (χ0n) is 8.96. The maximum atomic E-state index is 4.41. The molecule has 0 saturated carbocycles. The van der Waals surface area contributed by atoms with E-state index in [9.17, 15) is 0 Å². The van der Waals surface area contributed by atoms with E-state index in [4.69, 9.17) is 0 Å². The summed E-state index contributed by atoms with van der Waals surface area (Å²) in [5, 5.41) is 3.34. The van der Waals surface area contributed by atoms with Crippen molar-refractivity contribution in [2.45, 2.75) is 26.3 Å². The fourth-order valence-corrected chi connectivity index (χ4v) is 1.54. The number of aromatic nitrogens is 1. The van der Waals surface area contributed by atoms with Gasteiger partial charge in [0.2, 0.25) is 0 Å². The fourth-order valence-electron chi connectivity index (χ4n) is 1.54. The molecule has 1 rings (SSSR count). The minimum absolute atomic E-state index is 0.177. The molecule has 0 radical (unpaired) electrons. The van der Waals surface area contributed by atoms with Crippen LogP contribution in [0, 0.1) is 0 Å². The largest absolute Gasteiger partial charge is 0.306 e. The lowest BCUT2D eigenvalue weighted by molar-refractivity contribution is 0.627. The Kier molecular flexibility index (Phi) is 4.33. The Hall–Kier alpha value is -1.15. The van der Waals surface area contributed by atoms with Crippen LogP contribution in [0.1, 0.15) is 31.1 Å². The van der Waals surface area contributed by atoms with Crippen LogP contribution in [-0.2, 0) is 6.42 Å². The summed E-state index contributed by atoms with van der Waals surface area (Å²) in [4.78, 5) is 4.41. The molecule has 0 spiro atoms. The highest BCUT2D eigenvalue weighted by atomic mass is 14.9. The number of nitrogens with one attached hydrogen (secondary N) is 1. The molecule has 0 aromatic carbocycles. The van der Waals surface area contributed by atoms with E-state index in [-0.39, 0.29) is 6.04 Å². The van der Waals surface area contributed by atoms with Crippen molar-refractivity contribution in [3.05, 3.63) is 42.2 Å². The number of pyridine rings is 1. The summed E-state index contributed by atoms with van der Waals surface area (Å²) in [6, 6.07) is 4.28. The number of nitrogens with zero attached hydrogens (tertiary/aromatic N) is 1. The third kappa shape index (κ3) is 2.42. The SMILES string of the molecule is C=CC(NCC)c1ncccc1CC. The zero-order valence-corrected chi connectivity index (χ0v) is 8.96. The maximum absolute atomic E-state index is 4.41. The highest BCUT2D eigenvalue weighted by molar-refractivity contribution is 5.25. The third-order valence-corrected chi connectivity index (χ3v) is 2.26. The first-order chi connectivity index (χ1) is 6.83. The van der Waals surface area contributed by atoms with Crippen LogP contribution in [0.3, 0.4) is 0 Å². The van der Waals surface area contributed by atoms with Crippen LogP contribution >= 0.6 is 0 Å². The van der Waals surface area contributed by atoms with Crippen molar-refractivity contribution in [3.63, 3.8) is 0 Å². The van der Waals surface area contributed by atoms with Crippen LogP contribution in [0.2, 0.25) is 0 Å². The molecule has 1 aromatic rings. The van der Waals surface area contributed by atoms with Crippen molar-refractivity contribution in [2.75, 3.05) is 6.54 Å². The monoisotopic (exact) mass is 190 g/mol. The Morgan fingerprint density at radius 3 is 2.93 bits per heavy atom. The van der Waals surface area contributed by atoms with Gasteiger partial charge < -0.3 is 5.32 Å². The van der Waals surface area contributed by atoms with Crippen LogP contribution < -0.4 is 5.32 Å². The van der Waals surface area contributed by atoms with E-state index in [1.807, 2.05) is 18.3 Å². The van der Waals surface area contributed by atoms with Gasteiger partial charge in [0, 0.05) is 6.20 Å². The Morgan fingerprint density at radius 2 is 2.36 bits per heavy atom. The summed E-state index contributed by atoms with van der Waals surface area (Å²) in [7, 11) is 0. The maximum Gasteiger partial charge on any atom is 0.0681 e. The van der Waals surface area contributed by atoms with Crippen LogP contribution in [-0.4, -0.2) is 11.5 Å². The van der Waals surface area contributed by atoms with Gasteiger partial charge >= 0.3 is 0 Å². The lowest BCUT2D eigenvalue weighted by atomic mass is 10.1.